The number of hydrazone groups is 1. The number of hydrogen-bond acceptors (Lipinski definition) is 7. The summed E-state index contributed by atoms with van der Waals surface area (Å²) in [7, 11) is 1.51. The monoisotopic (exact) mass is 448 g/mol. The van der Waals surface area contributed by atoms with Gasteiger partial charge in [-0.3, -0.25) is 14.3 Å². The third kappa shape index (κ3) is 4.85. The number of aromatic amines is 1. The van der Waals surface area contributed by atoms with Gasteiger partial charge in [0.1, 0.15) is 18.5 Å². The summed E-state index contributed by atoms with van der Waals surface area (Å²) < 4.78 is 8.35. The fourth-order valence-corrected chi connectivity index (χ4v) is 3.35. The van der Waals surface area contributed by atoms with Crippen molar-refractivity contribution in [2.45, 2.75) is 19.6 Å². The Kier molecular flexibility index (Phi) is 6.36. The maximum atomic E-state index is 12.6. The van der Waals surface area contributed by atoms with Crippen LogP contribution in [-0.4, -0.2) is 42.6 Å². The van der Waals surface area contributed by atoms with E-state index < -0.39 is 17.4 Å². The lowest BCUT2D eigenvalue weighted by Crippen LogP contribution is -2.30. The second-order valence-corrected chi connectivity index (χ2v) is 7.49. The number of anilines is 1. The van der Waals surface area contributed by atoms with Crippen LogP contribution in [0.25, 0.3) is 11.2 Å². The molecule has 0 bridgehead atoms. The highest BCUT2D eigenvalue weighted by molar-refractivity contribution is 5.99. The third-order valence-corrected chi connectivity index (χ3v) is 5.10. The van der Waals surface area contributed by atoms with Gasteiger partial charge in [-0.2, -0.15) is 10.1 Å². The molecule has 0 radical (unpaired) electrons. The Morgan fingerprint density at radius 2 is 1.82 bits per heavy atom. The van der Waals surface area contributed by atoms with Crippen LogP contribution in [0, 0.1) is 0 Å². The minimum atomic E-state index is -0.959. The van der Waals surface area contributed by atoms with Gasteiger partial charge in [-0.05, 0) is 24.6 Å². The van der Waals surface area contributed by atoms with E-state index in [1.807, 2.05) is 55.5 Å². The van der Waals surface area contributed by atoms with Gasteiger partial charge in [0.2, 0.25) is 5.95 Å². The highest BCUT2D eigenvalue weighted by Crippen LogP contribution is 2.17. The Bertz CT molecular complexity index is 1390. The lowest BCUT2D eigenvalue weighted by Gasteiger charge is -2.15. The molecule has 0 aliphatic heterocycles. The van der Waals surface area contributed by atoms with Gasteiger partial charge in [0.25, 0.3) is 5.56 Å². The average molecular weight is 448 g/mol. The smallest absolute Gasteiger partial charge is 0.329 e. The van der Waals surface area contributed by atoms with Crippen LogP contribution in [0.5, 0.6) is 5.75 Å². The molecule has 0 saturated carbocycles. The Morgan fingerprint density at radius 3 is 2.52 bits per heavy atom. The number of rotatable bonds is 8. The van der Waals surface area contributed by atoms with Crippen LogP contribution < -0.4 is 21.4 Å². The molecule has 3 N–H and O–H groups in total. The summed E-state index contributed by atoms with van der Waals surface area (Å²) in [6.45, 7) is 1.83. The number of aryl methyl sites for hydroxylation is 1. The van der Waals surface area contributed by atoms with E-state index >= 15 is 0 Å². The van der Waals surface area contributed by atoms with Gasteiger partial charge < -0.3 is 14.4 Å². The molecule has 0 aliphatic carbocycles. The second kappa shape index (κ2) is 9.53. The molecule has 0 fully saturated rings. The summed E-state index contributed by atoms with van der Waals surface area (Å²) in [6.07, 6.45) is -0.959. The number of H-pyrrole nitrogens is 1. The zero-order chi connectivity index (χ0) is 23.4. The van der Waals surface area contributed by atoms with Crippen LogP contribution in [0.3, 0.4) is 0 Å². The summed E-state index contributed by atoms with van der Waals surface area (Å²) in [5, 5.41) is 15.0. The maximum Gasteiger partial charge on any atom is 0.329 e. The number of imidazole rings is 1. The predicted octanol–water partition coefficient (Wildman–Crippen LogP) is 1.70. The predicted molar refractivity (Wildman–Crippen MR) is 126 cm³/mol. The molecule has 2 aromatic carbocycles. The normalized spacial score (nSPS) is 12.6. The van der Waals surface area contributed by atoms with Crippen LogP contribution in [0.1, 0.15) is 12.5 Å². The number of fused-ring (bicyclic) bond motifs is 1. The van der Waals surface area contributed by atoms with Gasteiger partial charge in [-0.25, -0.2) is 10.2 Å². The summed E-state index contributed by atoms with van der Waals surface area (Å²) >= 11 is 0. The van der Waals surface area contributed by atoms with Gasteiger partial charge in [0.15, 0.2) is 11.2 Å². The van der Waals surface area contributed by atoms with Crippen molar-refractivity contribution in [3.8, 4) is 5.75 Å². The van der Waals surface area contributed by atoms with Crippen LogP contribution in [0.2, 0.25) is 0 Å². The number of para-hydroxylation sites is 1. The fraction of sp³-hybridized carbons (Fsp3) is 0.217. The highest BCUT2D eigenvalue weighted by atomic mass is 16.5. The van der Waals surface area contributed by atoms with E-state index in [2.05, 4.69) is 20.5 Å². The molecule has 0 unspecified atom stereocenters. The zero-order valence-electron chi connectivity index (χ0n) is 18.2. The minimum Gasteiger partial charge on any atom is -0.491 e. The Hall–Kier alpha value is -4.18. The first-order valence-corrected chi connectivity index (χ1v) is 10.3. The van der Waals surface area contributed by atoms with Crippen LogP contribution >= 0.6 is 0 Å². The molecule has 33 heavy (non-hydrogen) atoms. The van der Waals surface area contributed by atoms with Crippen molar-refractivity contribution in [1.82, 2.24) is 19.1 Å². The molecule has 0 spiro atoms. The van der Waals surface area contributed by atoms with Crippen molar-refractivity contribution < 1.29 is 9.84 Å². The molecule has 4 rings (SSSR count). The Morgan fingerprint density at radius 1 is 1.15 bits per heavy atom. The lowest BCUT2D eigenvalue weighted by molar-refractivity contribution is 0.0938. The van der Waals surface area contributed by atoms with Crippen molar-refractivity contribution in [1.29, 1.82) is 0 Å². The fourth-order valence-electron chi connectivity index (χ4n) is 3.35. The van der Waals surface area contributed by atoms with Crippen molar-refractivity contribution in [2.24, 2.45) is 12.1 Å². The lowest BCUT2D eigenvalue weighted by atomic mass is 10.1. The summed E-state index contributed by atoms with van der Waals surface area (Å²) in [5.74, 6) is 0.833. The molecule has 2 heterocycles. The highest BCUT2D eigenvalue weighted by Gasteiger charge is 2.20. The third-order valence-electron chi connectivity index (χ3n) is 5.10. The van der Waals surface area contributed by atoms with E-state index in [9.17, 15) is 14.7 Å². The molecule has 170 valence electrons. The molecule has 2 aromatic heterocycles. The molecule has 0 saturated heterocycles. The van der Waals surface area contributed by atoms with Crippen molar-refractivity contribution in [3.63, 3.8) is 0 Å². The van der Waals surface area contributed by atoms with Gasteiger partial charge >= 0.3 is 5.69 Å². The molecular weight excluding hydrogens is 424 g/mol. The molecule has 10 heteroatoms. The number of aliphatic hydroxyl groups excluding tert-OH is 1. The minimum absolute atomic E-state index is 0.000886. The molecule has 0 aliphatic rings. The first-order chi connectivity index (χ1) is 15.9. The number of aromatic nitrogens is 4. The Balaban J connectivity index is 1.66. The molecule has 0 amide bonds. The molecule has 4 aromatic rings. The summed E-state index contributed by atoms with van der Waals surface area (Å²) in [5.41, 5.74) is 3.62. The second-order valence-electron chi connectivity index (χ2n) is 7.49. The number of hydrogen-bond donors (Lipinski definition) is 3. The van der Waals surface area contributed by atoms with Crippen LogP contribution in [0.15, 0.2) is 75.4 Å². The number of ether oxygens (including phenoxy) is 1. The number of nitrogens with one attached hydrogen (secondary N) is 2. The van der Waals surface area contributed by atoms with E-state index in [0.29, 0.717) is 11.5 Å². The van der Waals surface area contributed by atoms with Crippen molar-refractivity contribution in [3.05, 3.63) is 87.1 Å². The topological polar surface area (TPSA) is 127 Å². The number of benzene rings is 2. The standard InChI is InChI=1S/C23H24N6O4/c1-15(16-9-5-3-6-10-16)26-27-22-24-20-19(21(31)25-23(32)28(20)2)29(22)13-17(30)14-33-18-11-7-4-8-12-18/h3-12,17,30H,13-14H2,1-2H3,(H,24,27)(H,25,31,32)/b26-15+/t17-/m1/s1. The Labute approximate surface area is 188 Å². The summed E-state index contributed by atoms with van der Waals surface area (Å²) in [4.78, 5) is 31.3. The van der Waals surface area contributed by atoms with E-state index in [1.165, 1.54) is 16.2 Å². The van der Waals surface area contributed by atoms with Crippen LogP contribution in [0.4, 0.5) is 5.95 Å². The number of aliphatic hydroxyl groups is 1. The molecule has 10 nitrogen and oxygen atoms in total. The quantitative estimate of drug-likeness (QED) is 0.278. The molecule has 1 atom stereocenters. The van der Waals surface area contributed by atoms with Gasteiger partial charge in [0.05, 0.1) is 12.3 Å². The summed E-state index contributed by atoms with van der Waals surface area (Å²) in [6, 6.07) is 18.7. The maximum absolute atomic E-state index is 12.6. The van der Waals surface area contributed by atoms with Gasteiger partial charge in [-0.1, -0.05) is 48.5 Å². The molecular formula is C23H24N6O4. The largest absolute Gasteiger partial charge is 0.491 e. The zero-order valence-corrected chi connectivity index (χ0v) is 18.2. The van der Waals surface area contributed by atoms with Crippen LogP contribution in [-0.2, 0) is 13.6 Å². The first kappa shape index (κ1) is 22.0. The average Bonchev–Trinajstić information content (AvgIpc) is 3.19. The van der Waals surface area contributed by atoms with Gasteiger partial charge in [-0.15, -0.1) is 0 Å². The SMILES string of the molecule is C/C(=N\Nc1nc2c(c(=O)[nH]c(=O)n2C)n1C[C@@H](O)COc1ccccc1)c1ccccc1. The number of nitrogens with zero attached hydrogens (tertiary/aromatic N) is 4. The first-order valence-electron chi connectivity index (χ1n) is 10.3. The van der Waals surface area contributed by atoms with E-state index in [-0.39, 0.29) is 30.3 Å². The van der Waals surface area contributed by atoms with Gasteiger partial charge in [0, 0.05) is 7.05 Å². The van der Waals surface area contributed by atoms with Crippen molar-refractivity contribution in [2.75, 3.05) is 12.0 Å². The van der Waals surface area contributed by atoms with Crippen molar-refractivity contribution >= 4 is 22.8 Å². The van der Waals surface area contributed by atoms with E-state index in [1.54, 1.807) is 12.1 Å². The van der Waals surface area contributed by atoms with E-state index in [4.69, 9.17) is 4.74 Å². The van der Waals surface area contributed by atoms with E-state index in [0.717, 1.165) is 5.56 Å².